The third-order valence-electron chi connectivity index (χ3n) is 3.32. The van der Waals surface area contributed by atoms with Gasteiger partial charge in [-0.15, -0.1) is 0 Å². The van der Waals surface area contributed by atoms with Gasteiger partial charge >= 0.3 is 0 Å². The zero-order valence-electron chi connectivity index (χ0n) is 11.6. The van der Waals surface area contributed by atoms with Crippen molar-refractivity contribution in [1.29, 1.82) is 5.26 Å². The molecule has 0 aliphatic carbocycles. The molecule has 3 nitrogen and oxygen atoms in total. The fraction of sp³-hybridized carbons (Fsp3) is 0.467. The smallest absolute Gasteiger partial charge is 0.236 e. The minimum absolute atomic E-state index is 0.0393. The molecule has 18 heavy (non-hydrogen) atoms. The Bertz CT molecular complexity index is 486. The number of aryl methyl sites for hydroxylation is 3. The van der Waals surface area contributed by atoms with Gasteiger partial charge in [0, 0.05) is 13.6 Å². The van der Waals surface area contributed by atoms with Crippen molar-refractivity contribution in [2.75, 3.05) is 13.6 Å². The molecule has 0 N–H and O–H groups in total. The third kappa shape index (κ3) is 3.59. The summed E-state index contributed by atoms with van der Waals surface area (Å²) < 4.78 is 0. The summed E-state index contributed by atoms with van der Waals surface area (Å²) in [4.78, 5) is 13.1. The summed E-state index contributed by atoms with van der Waals surface area (Å²) in [7, 11) is 1.75. The highest BCUT2D eigenvalue weighted by atomic mass is 16.2. The van der Waals surface area contributed by atoms with Crippen molar-refractivity contribution in [2.24, 2.45) is 0 Å². The maximum Gasteiger partial charge on any atom is 0.236 e. The highest BCUT2D eigenvalue weighted by molar-refractivity contribution is 5.77. The first-order valence-corrected chi connectivity index (χ1v) is 6.13. The van der Waals surface area contributed by atoms with Crippen LogP contribution in [-0.4, -0.2) is 24.4 Å². The average molecular weight is 244 g/mol. The lowest BCUT2D eigenvalue weighted by Crippen LogP contribution is -2.28. The first-order chi connectivity index (χ1) is 8.45. The van der Waals surface area contributed by atoms with Crippen molar-refractivity contribution in [3.8, 4) is 6.07 Å². The number of hydrogen-bond acceptors (Lipinski definition) is 2. The molecule has 1 aromatic carbocycles. The molecule has 0 radical (unpaired) electrons. The monoisotopic (exact) mass is 244 g/mol. The number of nitriles is 1. The van der Waals surface area contributed by atoms with Crippen LogP contribution in [0.2, 0.25) is 0 Å². The number of hydrogen-bond donors (Lipinski definition) is 0. The first kappa shape index (κ1) is 14.2. The van der Waals surface area contributed by atoms with Gasteiger partial charge in [0.15, 0.2) is 0 Å². The molecule has 0 saturated carbocycles. The maximum atomic E-state index is 11.5. The quantitative estimate of drug-likeness (QED) is 0.817. The Balaban J connectivity index is 2.67. The van der Waals surface area contributed by atoms with Crippen LogP contribution in [0.3, 0.4) is 0 Å². The van der Waals surface area contributed by atoms with E-state index in [1.807, 2.05) is 6.07 Å². The molecule has 0 aliphatic rings. The molecule has 96 valence electrons. The van der Waals surface area contributed by atoms with Gasteiger partial charge in [0.25, 0.3) is 0 Å². The predicted octanol–water partition coefficient (Wildman–Crippen LogP) is 2.53. The Kier molecular flexibility index (Phi) is 4.91. The van der Waals surface area contributed by atoms with Gasteiger partial charge in [-0.25, -0.2) is 0 Å². The van der Waals surface area contributed by atoms with Gasteiger partial charge in [-0.3, -0.25) is 4.79 Å². The third-order valence-corrected chi connectivity index (χ3v) is 3.32. The van der Waals surface area contributed by atoms with Crippen LogP contribution in [0.5, 0.6) is 0 Å². The molecule has 0 atom stereocenters. The number of benzene rings is 1. The van der Waals surface area contributed by atoms with Gasteiger partial charge in [0.2, 0.25) is 5.91 Å². The normalized spacial score (nSPS) is 9.94. The summed E-state index contributed by atoms with van der Waals surface area (Å²) in [5.41, 5.74) is 5.11. The largest absolute Gasteiger partial charge is 0.345 e. The highest BCUT2D eigenvalue weighted by Crippen LogP contribution is 2.16. The molecule has 1 amide bonds. The second-order valence-corrected chi connectivity index (χ2v) is 4.76. The van der Waals surface area contributed by atoms with E-state index >= 15 is 0 Å². The van der Waals surface area contributed by atoms with Crippen molar-refractivity contribution < 1.29 is 4.79 Å². The van der Waals surface area contributed by atoms with Crippen LogP contribution >= 0.6 is 0 Å². The minimum atomic E-state index is -0.112. The van der Waals surface area contributed by atoms with Crippen LogP contribution in [0, 0.1) is 32.1 Å². The summed E-state index contributed by atoms with van der Waals surface area (Å²) in [6.45, 7) is 6.96. The SMILES string of the molecule is Cc1cc(C)c(CCN(C)C(=O)CC#N)cc1C. The Morgan fingerprint density at radius 2 is 1.83 bits per heavy atom. The predicted molar refractivity (Wildman–Crippen MR) is 72.2 cm³/mol. The summed E-state index contributed by atoms with van der Waals surface area (Å²) >= 11 is 0. The van der Waals surface area contributed by atoms with E-state index in [0.29, 0.717) is 6.54 Å². The van der Waals surface area contributed by atoms with Crippen molar-refractivity contribution in [3.05, 3.63) is 34.4 Å². The zero-order valence-corrected chi connectivity index (χ0v) is 11.6. The fourth-order valence-corrected chi connectivity index (χ4v) is 1.91. The van der Waals surface area contributed by atoms with Gasteiger partial charge in [0.1, 0.15) is 6.42 Å². The van der Waals surface area contributed by atoms with Gasteiger partial charge in [-0.05, 0) is 49.4 Å². The van der Waals surface area contributed by atoms with E-state index in [1.54, 1.807) is 11.9 Å². The van der Waals surface area contributed by atoms with Crippen molar-refractivity contribution in [1.82, 2.24) is 4.90 Å². The van der Waals surface area contributed by atoms with Crippen LogP contribution in [-0.2, 0) is 11.2 Å². The van der Waals surface area contributed by atoms with Crippen LogP contribution in [0.4, 0.5) is 0 Å². The Morgan fingerprint density at radius 1 is 1.22 bits per heavy atom. The molecule has 0 unspecified atom stereocenters. The van der Waals surface area contributed by atoms with Crippen LogP contribution < -0.4 is 0 Å². The van der Waals surface area contributed by atoms with Crippen LogP contribution in [0.25, 0.3) is 0 Å². The summed E-state index contributed by atoms with van der Waals surface area (Å²) in [5, 5.41) is 8.48. The average Bonchev–Trinajstić information content (AvgIpc) is 2.32. The van der Waals surface area contributed by atoms with Crippen molar-refractivity contribution >= 4 is 5.91 Å². The first-order valence-electron chi connectivity index (χ1n) is 6.13. The maximum absolute atomic E-state index is 11.5. The lowest BCUT2D eigenvalue weighted by atomic mass is 9.99. The second kappa shape index (κ2) is 6.20. The van der Waals surface area contributed by atoms with Crippen molar-refractivity contribution in [2.45, 2.75) is 33.6 Å². The number of rotatable bonds is 4. The molecule has 0 spiro atoms. The molecule has 0 aromatic heterocycles. The van der Waals surface area contributed by atoms with Crippen LogP contribution in [0.15, 0.2) is 12.1 Å². The number of likely N-dealkylation sites (N-methyl/N-ethyl adjacent to an activating group) is 1. The van der Waals surface area contributed by atoms with Gasteiger partial charge in [0.05, 0.1) is 6.07 Å². The Labute approximate surface area is 109 Å². The van der Waals surface area contributed by atoms with E-state index in [1.165, 1.54) is 22.3 Å². The number of carbonyl (C=O) groups excluding carboxylic acids is 1. The number of carbonyl (C=O) groups is 1. The van der Waals surface area contributed by atoms with E-state index in [4.69, 9.17) is 5.26 Å². The molecule has 0 aliphatic heterocycles. The summed E-state index contributed by atoms with van der Waals surface area (Å²) in [6, 6.07) is 6.25. The number of nitrogens with zero attached hydrogens (tertiary/aromatic N) is 2. The van der Waals surface area contributed by atoms with Gasteiger partial charge in [-0.2, -0.15) is 5.26 Å². The molecular formula is C15H20N2O. The summed E-state index contributed by atoms with van der Waals surface area (Å²) in [6.07, 6.45) is 0.795. The van der Waals surface area contributed by atoms with Gasteiger partial charge < -0.3 is 4.90 Å². The topological polar surface area (TPSA) is 44.1 Å². The standard InChI is InChI=1S/C15H20N2O/c1-11-9-13(3)14(10-12(11)2)6-8-17(4)15(18)5-7-16/h9-10H,5-6,8H2,1-4H3. The molecule has 0 heterocycles. The zero-order chi connectivity index (χ0) is 13.7. The van der Waals surface area contributed by atoms with E-state index in [0.717, 1.165) is 6.42 Å². The lowest BCUT2D eigenvalue weighted by molar-refractivity contribution is -0.128. The molecule has 1 rings (SSSR count). The second-order valence-electron chi connectivity index (χ2n) is 4.76. The Hall–Kier alpha value is -1.82. The molecule has 3 heteroatoms. The molecule has 0 fully saturated rings. The molecule has 0 saturated heterocycles. The van der Waals surface area contributed by atoms with E-state index in [-0.39, 0.29) is 12.3 Å². The summed E-state index contributed by atoms with van der Waals surface area (Å²) in [5.74, 6) is -0.112. The highest BCUT2D eigenvalue weighted by Gasteiger charge is 2.09. The number of amides is 1. The van der Waals surface area contributed by atoms with Crippen molar-refractivity contribution in [3.63, 3.8) is 0 Å². The lowest BCUT2D eigenvalue weighted by Gasteiger charge is -2.17. The van der Waals surface area contributed by atoms with E-state index in [2.05, 4.69) is 32.9 Å². The van der Waals surface area contributed by atoms with Crippen LogP contribution in [0.1, 0.15) is 28.7 Å². The van der Waals surface area contributed by atoms with E-state index < -0.39 is 0 Å². The van der Waals surface area contributed by atoms with Gasteiger partial charge in [-0.1, -0.05) is 12.1 Å². The molecule has 0 bridgehead atoms. The fourth-order valence-electron chi connectivity index (χ4n) is 1.91. The molecular weight excluding hydrogens is 224 g/mol. The van der Waals surface area contributed by atoms with E-state index in [9.17, 15) is 4.79 Å². The minimum Gasteiger partial charge on any atom is -0.345 e. The molecule has 1 aromatic rings. The Morgan fingerprint density at radius 3 is 2.44 bits per heavy atom.